The third-order valence-corrected chi connectivity index (χ3v) is 8.47. The SMILES string of the molecule is CC1=C(/C=C/C(C)=C/C=C/C(C)=C/C=C/C=C(C)/C=C/C=C(C)/C=C/C2=C(C)C(=O)C(=O)C2(C)C)C(C)(C)C(O)(O)CC1. The molecule has 0 bridgehead atoms. The zero-order valence-corrected chi connectivity index (χ0v) is 27.7. The first kappa shape index (κ1) is 35.6. The Labute approximate surface area is 259 Å². The molecule has 230 valence electrons. The molecule has 0 saturated carbocycles. The summed E-state index contributed by atoms with van der Waals surface area (Å²) in [7, 11) is 0. The molecule has 0 unspecified atom stereocenters. The van der Waals surface area contributed by atoms with Gasteiger partial charge >= 0.3 is 0 Å². The Morgan fingerprint density at radius 1 is 0.651 bits per heavy atom. The summed E-state index contributed by atoms with van der Waals surface area (Å²) in [4.78, 5) is 24.2. The van der Waals surface area contributed by atoms with E-state index in [1.807, 2.05) is 114 Å². The fourth-order valence-electron chi connectivity index (χ4n) is 5.18. The van der Waals surface area contributed by atoms with Crippen LogP contribution in [0.5, 0.6) is 0 Å². The zero-order chi connectivity index (χ0) is 32.6. The van der Waals surface area contributed by atoms with E-state index >= 15 is 0 Å². The van der Waals surface area contributed by atoms with Crippen LogP contribution in [0.25, 0.3) is 0 Å². The molecule has 0 aromatic heterocycles. The van der Waals surface area contributed by atoms with Gasteiger partial charge in [0.1, 0.15) is 0 Å². The minimum Gasteiger partial charge on any atom is -0.365 e. The topological polar surface area (TPSA) is 74.6 Å². The van der Waals surface area contributed by atoms with E-state index < -0.39 is 16.6 Å². The molecular formula is C39H50O4. The highest BCUT2D eigenvalue weighted by molar-refractivity contribution is 6.48. The van der Waals surface area contributed by atoms with Crippen molar-refractivity contribution in [2.75, 3.05) is 0 Å². The maximum absolute atomic E-state index is 12.2. The van der Waals surface area contributed by atoms with E-state index in [1.165, 1.54) is 5.57 Å². The van der Waals surface area contributed by atoms with Gasteiger partial charge in [0.05, 0.1) is 5.41 Å². The highest BCUT2D eigenvalue weighted by atomic mass is 16.5. The Morgan fingerprint density at radius 3 is 1.51 bits per heavy atom. The number of ketones is 2. The Balaban J connectivity index is 1.94. The Bertz CT molecular complexity index is 1450. The molecule has 0 aliphatic heterocycles. The van der Waals surface area contributed by atoms with Gasteiger partial charge in [-0.15, -0.1) is 0 Å². The lowest BCUT2D eigenvalue weighted by molar-refractivity contribution is -0.228. The molecule has 0 radical (unpaired) electrons. The summed E-state index contributed by atoms with van der Waals surface area (Å²) in [5, 5.41) is 20.9. The summed E-state index contributed by atoms with van der Waals surface area (Å²) in [5.41, 5.74) is 6.34. The van der Waals surface area contributed by atoms with Crippen LogP contribution in [0, 0.1) is 10.8 Å². The molecule has 2 N–H and O–H groups in total. The molecule has 0 fully saturated rings. The van der Waals surface area contributed by atoms with Gasteiger partial charge in [-0.25, -0.2) is 0 Å². The highest BCUT2D eigenvalue weighted by Crippen LogP contribution is 2.46. The van der Waals surface area contributed by atoms with E-state index in [0.717, 1.165) is 33.4 Å². The quantitative estimate of drug-likeness (QED) is 0.153. The lowest BCUT2D eigenvalue weighted by Crippen LogP contribution is -2.48. The average molecular weight is 583 g/mol. The van der Waals surface area contributed by atoms with E-state index in [2.05, 4.69) is 19.1 Å². The van der Waals surface area contributed by atoms with Crippen LogP contribution in [0.15, 0.2) is 130 Å². The molecule has 2 aliphatic carbocycles. The van der Waals surface area contributed by atoms with Gasteiger partial charge in [-0.3, -0.25) is 9.59 Å². The highest BCUT2D eigenvalue weighted by Gasteiger charge is 2.46. The minimum absolute atomic E-state index is 0.339. The number of Topliss-reactive ketones (excluding diaryl/α,β-unsaturated/α-hetero) is 2. The molecule has 0 saturated heterocycles. The molecule has 2 rings (SSSR count). The van der Waals surface area contributed by atoms with Crippen molar-refractivity contribution >= 4 is 11.6 Å². The van der Waals surface area contributed by atoms with Gasteiger partial charge in [0.25, 0.3) is 0 Å². The lowest BCUT2D eigenvalue weighted by Gasteiger charge is -2.44. The van der Waals surface area contributed by atoms with Gasteiger partial charge in [0, 0.05) is 17.4 Å². The lowest BCUT2D eigenvalue weighted by atomic mass is 9.68. The second kappa shape index (κ2) is 14.7. The largest absolute Gasteiger partial charge is 0.365 e. The van der Waals surface area contributed by atoms with Crippen LogP contribution in [0.2, 0.25) is 0 Å². The summed E-state index contributed by atoms with van der Waals surface area (Å²) in [6.07, 6.45) is 29.1. The summed E-state index contributed by atoms with van der Waals surface area (Å²) in [6.45, 7) is 19.3. The molecule has 43 heavy (non-hydrogen) atoms. The molecule has 0 heterocycles. The minimum atomic E-state index is -1.70. The van der Waals surface area contributed by atoms with Crippen molar-refractivity contribution in [3.63, 3.8) is 0 Å². The Hall–Kier alpha value is -3.60. The predicted octanol–water partition coefficient (Wildman–Crippen LogP) is 8.86. The van der Waals surface area contributed by atoms with Gasteiger partial charge in [-0.2, -0.15) is 0 Å². The molecule has 4 heteroatoms. The van der Waals surface area contributed by atoms with Crippen LogP contribution in [0.1, 0.15) is 82.1 Å². The maximum atomic E-state index is 12.2. The summed E-state index contributed by atoms with van der Waals surface area (Å²) in [6, 6.07) is 0. The molecule has 0 spiro atoms. The van der Waals surface area contributed by atoms with Gasteiger partial charge in [0.2, 0.25) is 11.6 Å². The Morgan fingerprint density at radius 2 is 1.07 bits per heavy atom. The number of aliphatic hydroxyl groups is 2. The van der Waals surface area contributed by atoms with E-state index in [1.54, 1.807) is 20.8 Å². The molecule has 0 aromatic rings. The third kappa shape index (κ3) is 9.19. The van der Waals surface area contributed by atoms with Crippen LogP contribution in [0.4, 0.5) is 0 Å². The molecule has 4 nitrogen and oxygen atoms in total. The second-order valence-corrected chi connectivity index (χ2v) is 12.9. The number of allylic oxidation sites excluding steroid dienone is 21. The monoisotopic (exact) mass is 582 g/mol. The summed E-state index contributed by atoms with van der Waals surface area (Å²) < 4.78 is 0. The van der Waals surface area contributed by atoms with Gasteiger partial charge < -0.3 is 10.2 Å². The number of hydrogen-bond donors (Lipinski definition) is 2. The molecule has 0 atom stereocenters. The van der Waals surface area contributed by atoms with Crippen molar-refractivity contribution in [2.45, 2.75) is 87.9 Å². The number of hydrogen-bond acceptors (Lipinski definition) is 4. The van der Waals surface area contributed by atoms with Crippen molar-refractivity contribution in [1.29, 1.82) is 0 Å². The number of rotatable bonds is 10. The van der Waals surface area contributed by atoms with Crippen molar-refractivity contribution < 1.29 is 19.8 Å². The molecule has 0 amide bonds. The summed E-state index contributed by atoms with van der Waals surface area (Å²) in [5.74, 6) is -2.42. The maximum Gasteiger partial charge on any atom is 0.225 e. The Kier molecular flexibility index (Phi) is 12.2. The number of carbonyl (C=O) groups excluding carboxylic acids is 2. The van der Waals surface area contributed by atoms with Crippen molar-refractivity contribution in [1.82, 2.24) is 0 Å². The van der Waals surface area contributed by atoms with Crippen LogP contribution in [-0.2, 0) is 9.59 Å². The second-order valence-electron chi connectivity index (χ2n) is 12.9. The average Bonchev–Trinajstić information content (AvgIpc) is 3.06. The smallest absolute Gasteiger partial charge is 0.225 e. The van der Waals surface area contributed by atoms with E-state index in [0.29, 0.717) is 18.4 Å². The van der Waals surface area contributed by atoms with Crippen LogP contribution >= 0.6 is 0 Å². The zero-order valence-electron chi connectivity index (χ0n) is 27.7. The third-order valence-electron chi connectivity index (χ3n) is 8.47. The predicted molar refractivity (Wildman–Crippen MR) is 180 cm³/mol. The first-order valence-electron chi connectivity index (χ1n) is 14.9. The van der Waals surface area contributed by atoms with Gasteiger partial charge in [-0.1, -0.05) is 127 Å². The molecular weight excluding hydrogens is 532 g/mol. The van der Waals surface area contributed by atoms with E-state index in [4.69, 9.17) is 0 Å². The van der Waals surface area contributed by atoms with Crippen molar-refractivity contribution in [3.8, 4) is 0 Å². The van der Waals surface area contributed by atoms with Crippen molar-refractivity contribution in [2.24, 2.45) is 10.8 Å². The first-order chi connectivity index (χ1) is 19.9. The normalized spacial score (nSPS) is 22.3. The fourth-order valence-corrected chi connectivity index (χ4v) is 5.18. The molecule has 2 aliphatic rings. The number of carbonyl (C=O) groups is 2. The first-order valence-corrected chi connectivity index (χ1v) is 14.9. The standard InChI is InChI=1S/C39H50O4/c1-27(17-13-19-29(3)21-23-33-31(5)25-26-39(42,43)38(33,9)10)15-11-12-16-28(2)18-14-20-30(4)22-24-34-32(6)35(40)36(41)37(34,7)8/h11-24,42-43H,25-26H2,1-10H3/b12-11+,17-13+,18-14+,23-21+,24-22+,27-15+,28-16+,29-19+,30-20+. The van der Waals surface area contributed by atoms with Crippen LogP contribution in [-0.4, -0.2) is 27.6 Å². The fraction of sp³-hybridized carbons (Fsp3) is 0.385. The van der Waals surface area contributed by atoms with E-state index in [9.17, 15) is 19.8 Å². The van der Waals surface area contributed by atoms with Gasteiger partial charge in [-0.05, 0) is 73.0 Å². The van der Waals surface area contributed by atoms with Gasteiger partial charge in [0.15, 0.2) is 5.79 Å². The van der Waals surface area contributed by atoms with Crippen LogP contribution in [0.3, 0.4) is 0 Å². The van der Waals surface area contributed by atoms with Crippen molar-refractivity contribution in [3.05, 3.63) is 130 Å². The van der Waals surface area contributed by atoms with E-state index in [-0.39, 0.29) is 11.6 Å². The molecule has 0 aromatic carbocycles. The van der Waals surface area contributed by atoms with Crippen LogP contribution < -0.4 is 0 Å². The summed E-state index contributed by atoms with van der Waals surface area (Å²) >= 11 is 0.